The van der Waals surface area contributed by atoms with Crippen molar-refractivity contribution >= 4 is 0 Å². The summed E-state index contributed by atoms with van der Waals surface area (Å²) in [5.41, 5.74) is 4.61. The molecule has 76 valence electrons. The number of ether oxygens (including phenoxy) is 1. The van der Waals surface area contributed by atoms with Crippen molar-refractivity contribution in [3.63, 3.8) is 0 Å². The van der Waals surface area contributed by atoms with Crippen LogP contribution in [0.1, 0.15) is 26.7 Å². The highest BCUT2D eigenvalue weighted by atomic mass is 16.5. The molecule has 1 fully saturated rings. The zero-order chi connectivity index (χ0) is 10.2. The summed E-state index contributed by atoms with van der Waals surface area (Å²) in [7, 11) is 0. The Bertz CT molecular complexity index is 305. The molecule has 2 atom stereocenters. The zero-order valence-electron chi connectivity index (χ0n) is 9.05. The summed E-state index contributed by atoms with van der Waals surface area (Å²) in [6, 6.07) is 0. The third-order valence-electron chi connectivity index (χ3n) is 4.00. The Labute approximate surface area is 86.2 Å². The van der Waals surface area contributed by atoms with Gasteiger partial charge in [-0.1, -0.05) is 32.2 Å². The SMILES string of the molecule is C=C=COCC1=CC[C@H]2C[C@@H]1C2(C)C. The van der Waals surface area contributed by atoms with E-state index in [-0.39, 0.29) is 0 Å². The second-order valence-corrected chi connectivity index (χ2v) is 4.95. The maximum atomic E-state index is 5.34. The minimum Gasteiger partial charge on any atom is -0.489 e. The molecule has 0 saturated heterocycles. The molecule has 0 aromatic rings. The van der Waals surface area contributed by atoms with E-state index in [1.807, 2.05) is 0 Å². The van der Waals surface area contributed by atoms with E-state index < -0.39 is 0 Å². The molecular formula is C13H18O. The predicted octanol–water partition coefficient (Wildman–Crippen LogP) is 3.29. The van der Waals surface area contributed by atoms with Gasteiger partial charge in [-0.3, -0.25) is 0 Å². The largest absolute Gasteiger partial charge is 0.489 e. The molecule has 0 aromatic heterocycles. The van der Waals surface area contributed by atoms with E-state index in [0.717, 1.165) is 18.4 Å². The Morgan fingerprint density at radius 1 is 1.71 bits per heavy atom. The van der Waals surface area contributed by atoms with Crippen molar-refractivity contribution in [1.82, 2.24) is 0 Å². The summed E-state index contributed by atoms with van der Waals surface area (Å²) >= 11 is 0. The maximum Gasteiger partial charge on any atom is 0.125 e. The van der Waals surface area contributed by atoms with Gasteiger partial charge in [0, 0.05) is 0 Å². The lowest BCUT2D eigenvalue weighted by Crippen LogP contribution is -2.48. The van der Waals surface area contributed by atoms with Crippen LogP contribution in [-0.4, -0.2) is 6.61 Å². The minimum atomic E-state index is 0.505. The fourth-order valence-electron chi connectivity index (χ4n) is 2.84. The summed E-state index contributed by atoms with van der Waals surface area (Å²) in [4.78, 5) is 0. The van der Waals surface area contributed by atoms with E-state index in [4.69, 9.17) is 4.74 Å². The fourth-order valence-corrected chi connectivity index (χ4v) is 2.84. The Kier molecular flexibility index (Phi) is 2.28. The highest BCUT2D eigenvalue weighted by Gasteiger charge is 2.51. The summed E-state index contributed by atoms with van der Waals surface area (Å²) < 4.78 is 5.34. The first kappa shape index (κ1) is 9.61. The van der Waals surface area contributed by atoms with Gasteiger partial charge in [0.05, 0.1) is 0 Å². The molecule has 3 aliphatic rings. The molecule has 14 heavy (non-hydrogen) atoms. The van der Waals surface area contributed by atoms with Crippen molar-refractivity contribution < 1.29 is 4.74 Å². The number of hydrogen-bond acceptors (Lipinski definition) is 1. The molecule has 0 heterocycles. The van der Waals surface area contributed by atoms with Crippen molar-refractivity contribution in [2.75, 3.05) is 6.61 Å². The molecule has 0 N–H and O–H groups in total. The Balaban J connectivity index is 2.00. The molecule has 0 amide bonds. The lowest BCUT2D eigenvalue weighted by molar-refractivity contribution is -0.0132. The molecule has 0 aliphatic heterocycles. The van der Waals surface area contributed by atoms with Crippen molar-refractivity contribution in [1.29, 1.82) is 0 Å². The molecule has 0 radical (unpaired) electrons. The van der Waals surface area contributed by atoms with Crippen LogP contribution >= 0.6 is 0 Å². The van der Waals surface area contributed by atoms with Crippen LogP contribution < -0.4 is 0 Å². The predicted molar refractivity (Wildman–Crippen MR) is 57.7 cm³/mol. The van der Waals surface area contributed by atoms with Crippen LogP contribution in [0.4, 0.5) is 0 Å². The van der Waals surface area contributed by atoms with E-state index in [2.05, 4.69) is 32.2 Å². The lowest BCUT2D eigenvalue weighted by Gasteiger charge is -2.56. The first-order valence-electron chi connectivity index (χ1n) is 5.31. The molecule has 3 aliphatic carbocycles. The molecule has 1 heteroatoms. The van der Waals surface area contributed by atoms with Gasteiger partial charge >= 0.3 is 0 Å². The Morgan fingerprint density at radius 3 is 3.07 bits per heavy atom. The monoisotopic (exact) mass is 190 g/mol. The number of allylic oxidation sites excluding steroid dienone is 1. The molecule has 1 nitrogen and oxygen atoms in total. The van der Waals surface area contributed by atoms with E-state index in [0.29, 0.717) is 5.41 Å². The van der Waals surface area contributed by atoms with Crippen LogP contribution in [0.2, 0.25) is 0 Å². The quantitative estimate of drug-likeness (QED) is 0.377. The standard InChI is InChI=1S/C13H18O/c1-4-7-14-9-10-5-6-11-8-12(10)13(11,2)3/h5,7,11-12H,1,6,8-9H2,2-3H3/t11-,12-/m0/s1. The molecule has 0 unspecified atom stereocenters. The third-order valence-corrected chi connectivity index (χ3v) is 4.00. The van der Waals surface area contributed by atoms with Crippen molar-refractivity contribution in [2.45, 2.75) is 26.7 Å². The minimum absolute atomic E-state index is 0.505. The Hall–Kier alpha value is -0.940. The molecule has 0 spiro atoms. The van der Waals surface area contributed by atoms with Gasteiger partial charge in [0.2, 0.25) is 0 Å². The zero-order valence-corrected chi connectivity index (χ0v) is 9.05. The maximum absolute atomic E-state index is 5.34. The van der Waals surface area contributed by atoms with E-state index >= 15 is 0 Å². The van der Waals surface area contributed by atoms with Gasteiger partial charge in [-0.05, 0) is 35.7 Å². The average molecular weight is 190 g/mol. The average Bonchev–Trinajstić information content (AvgIpc) is 2.18. The topological polar surface area (TPSA) is 9.23 Å². The molecular weight excluding hydrogens is 172 g/mol. The molecule has 2 bridgehead atoms. The van der Waals surface area contributed by atoms with E-state index in [1.54, 1.807) is 6.26 Å². The summed E-state index contributed by atoms with van der Waals surface area (Å²) in [6.45, 7) is 8.96. The van der Waals surface area contributed by atoms with Crippen LogP contribution in [0.25, 0.3) is 0 Å². The van der Waals surface area contributed by atoms with Crippen LogP contribution in [0.15, 0.2) is 30.2 Å². The normalized spacial score (nSPS) is 32.3. The van der Waals surface area contributed by atoms with Gasteiger partial charge in [0.25, 0.3) is 0 Å². The van der Waals surface area contributed by atoms with Gasteiger partial charge in [-0.2, -0.15) is 0 Å². The first-order chi connectivity index (χ1) is 6.66. The molecule has 1 saturated carbocycles. The van der Waals surface area contributed by atoms with Gasteiger partial charge in [0.15, 0.2) is 0 Å². The van der Waals surface area contributed by atoms with Crippen molar-refractivity contribution in [2.24, 2.45) is 17.3 Å². The highest BCUT2D eigenvalue weighted by Crippen LogP contribution is 2.59. The molecule has 0 aromatic carbocycles. The van der Waals surface area contributed by atoms with E-state index in [1.165, 1.54) is 18.4 Å². The van der Waals surface area contributed by atoms with Crippen LogP contribution in [0.3, 0.4) is 0 Å². The van der Waals surface area contributed by atoms with Crippen LogP contribution in [0, 0.1) is 17.3 Å². The number of fused-ring (bicyclic) bond motifs is 1. The van der Waals surface area contributed by atoms with Crippen molar-refractivity contribution in [3.05, 3.63) is 30.2 Å². The number of hydrogen-bond donors (Lipinski definition) is 0. The lowest BCUT2D eigenvalue weighted by atomic mass is 9.49. The summed E-state index contributed by atoms with van der Waals surface area (Å²) in [5, 5.41) is 0. The number of rotatable bonds is 3. The summed E-state index contributed by atoms with van der Waals surface area (Å²) in [5.74, 6) is 1.66. The first-order valence-corrected chi connectivity index (χ1v) is 5.31. The second-order valence-electron chi connectivity index (χ2n) is 4.95. The van der Waals surface area contributed by atoms with Crippen LogP contribution in [0.5, 0.6) is 0 Å². The van der Waals surface area contributed by atoms with Gasteiger partial charge in [-0.25, -0.2) is 0 Å². The highest BCUT2D eigenvalue weighted by molar-refractivity contribution is 5.23. The van der Waals surface area contributed by atoms with Crippen LogP contribution in [-0.2, 0) is 4.74 Å². The molecule has 3 rings (SSSR count). The Morgan fingerprint density at radius 2 is 2.50 bits per heavy atom. The summed E-state index contributed by atoms with van der Waals surface area (Å²) in [6.07, 6.45) is 6.51. The smallest absolute Gasteiger partial charge is 0.125 e. The van der Waals surface area contributed by atoms with E-state index in [9.17, 15) is 0 Å². The van der Waals surface area contributed by atoms with Gasteiger partial charge < -0.3 is 4.74 Å². The third kappa shape index (κ3) is 1.33. The van der Waals surface area contributed by atoms with Crippen molar-refractivity contribution in [3.8, 4) is 0 Å². The second kappa shape index (κ2) is 3.33. The fraction of sp³-hybridized carbons (Fsp3) is 0.615. The van der Waals surface area contributed by atoms with Gasteiger partial charge in [-0.15, -0.1) is 0 Å². The van der Waals surface area contributed by atoms with Gasteiger partial charge in [0.1, 0.15) is 12.9 Å².